The van der Waals surface area contributed by atoms with E-state index >= 15 is 0 Å². The predicted octanol–water partition coefficient (Wildman–Crippen LogP) is -0.389. The van der Waals surface area contributed by atoms with Crippen molar-refractivity contribution in [3.8, 4) is 0 Å². The van der Waals surface area contributed by atoms with E-state index in [1.165, 1.54) is 0 Å². The highest BCUT2D eigenvalue weighted by Crippen LogP contribution is 1.59. The van der Waals surface area contributed by atoms with Crippen molar-refractivity contribution in [1.29, 1.82) is 0 Å². The van der Waals surface area contributed by atoms with Crippen molar-refractivity contribution in [1.82, 2.24) is 0 Å². The molecule has 0 atom stereocenters. The van der Waals surface area contributed by atoms with Gasteiger partial charge in [0.2, 0.25) is 0 Å². The molecule has 0 radical (unpaired) electrons. The third kappa shape index (κ3) is 16.1. The zero-order valence-corrected chi connectivity index (χ0v) is 5.83. The fraction of sp³-hybridized carbons (Fsp3) is 1.00. The third-order valence-corrected chi connectivity index (χ3v) is 0.319. The Labute approximate surface area is 60.2 Å². The fourth-order valence-corrected chi connectivity index (χ4v) is 0.0962. The lowest BCUT2D eigenvalue weighted by molar-refractivity contribution is 0.0478. The summed E-state index contributed by atoms with van der Waals surface area (Å²) in [4.78, 5) is 8.15. The van der Waals surface area contributed by atoms with E-state index in [9.17, 15) is 0 Å². The highest BCUT2D eigenvalue weighted by molar-refractivity contribution is 5.85. The Hall–Kier alpha value is 0.420. The summed E-state index contributed by atoms with van der Waals surface area (Å²) in [6.45, 7) is 0.688. The zero-order chi connectivity index (χ0) is 4.83. The Kier molecular flexibility index (Phi) is 30.9. The summed E-state index contributed by atoms with van der Waals surface area (Å²) in [6.07, 6.45) is 0. The summed E-state index contributed by atoms with van der Waals surface area (Å²) in [7, 11) is 0. The molecule has 0 fully saturated rings. The molecule has 4 nitrogen and oxygen atoms in total. The van der Waals surface area contributed by atoms with Crippen molar-refractivity contribution in [2.45, 2.75) is 0 Å². The standard InChI is InChI=1S/C2H8N2O2.2ClH/c3-5-1-2-6-4;;/h1-4H2;2*1H. The molecule has 0 aliphatic carbocycles. The highest BCUT2D eigenvalue weighted by Gasteiger charge is 1.75. The molecule has 0 aliphatic rings. The van der Waals surface area contributed by atoms with Crippen LogP contribution >= 0.6 is 24.8 Å². The number of halogens is 2. The summed E-state index contributed by atoms with van der Waals surface area (Å²) in [5.74, 6) is 9.16. The molecule has 0 amide bonds. The van der Waals surface area contributed by atoms with Gasteiger partial charge in [0.05, 0.1) is 13.2 Å². The second kappa shape index (κ2) is 15.7. The molecule has 0 saturated heterocycles. The molecule has 6 heteroatoms. The van der Waals surface area contributed by atoms with Gasteiger partial charge in [0.1, 0.15) is 0 Å². The van der Waals surface area contributed by atoms with Gasteiger partial charge in [0.15, 0.2) is 0 Å². The van der Waals surface area contributed by atoms with E-state index in [2.05, 4.69) is 21.5 Å². The predicted molar refractivity (Wildman–Crippen MR) is 34.8 cm³/mol. The third-order valence-electron chi connectivity index (χ3n) is 0.319. The quantitative estimate of drug-likeness (QED) is 0.441. The number of nitrogens with two attached hydrogens (primary N) is 2. The number of hydrogen-bond acceptors (Lipinski definition) is 4. The minimum Gasteiger partial charge on any atom is -0.302 e. The van der Waals surface area contributed by atoms with E-state index in [1.807, 2.05) is 0 Å². The first-order valence-corrected chi connectivity index (χ1v) is 1.55. The number of hydrogen-bond donors (Lipinski definition) is 2. The first-order chi connectivity index (χ1) is 2.91. The van der Waals surface area contributed by atoms with Crippen molar-refractivity contribution in [2.24, 2.45) is 11.8 Å². The average molecular weight is 165 g/mol. The molecule has 0 aromatic heterocycles. The van der Waals surface area contributed by atoms with Crippen molar-refractivity contribution >= 4 is 24.8 Å². The summed E-state index contributed by atoms with van der Waals surface area (Å²) < 4.78 is 0. The van der Waals surface area contributed by atoms with Crippen LogP contribution in [-0.4, -0.2) is 13.2 Å². The Morgan fingerprint density at radius 3 is 1.25 bits per heavy atom. The second-order valence-corrected chi connectivity index (χ2v) is 0.742. The van der Waals surface area contributed by atoms with Crippen LogP contribution in [-0.2, 0) is 9.68 Å². The minimum atomic E-state index is 0. The molecule has 4 N–H and O–H groups in total. The minimum absolute atomic E-state index is 0. The molecule has 0 saturated carbocycles. The Morgan fingerprint density at radius 1 is 0.875 bits per heavy atom. The van der Waals surface area contributed by atoms with E-state index < -0.39 is 0 Å². The summed E-state index contributed by atoms with van der Waals surface area (Å²) in [5.41, 5.74) is 0. The van der Waals surface area contributed by atoms with Crippen molar-refractivity contribution in [3.05, 3.63) is 0 Å². The maximum Gasteiger partial charge on any atom is 0.0933 e. The van der Waals surface area contributed by atoms with E-state index in [0.29, 0.717) is 13.2 Å². The lowest BCUT2D eigenvalue weighted by Gasteiger charge is -1.90. The van der Waals surface area contributed by atoms with Gasteiger partial charge in [-0.15, -0.1) is 24.8 Å². The average Bonchev–Trinajstić information content (AvgIpc) is 1.61. The van der Waals surface area contributed by atoms with Gasteiger partial charge in [-0.1, -0.05) is 0 Å². The van der Waals surface area contributed by atoms with Gasteiger partial charge in [-0.3, -0.25) is 0 Å². The van der Waals surface area contributed by atoms with Crippen LogP contribution in [0.2, 0.25) is 0 Å². The monoisotopic (exact) mass is 164 g/mol. The first kappa shape index (κ1) is 15.8. The molecule has 0 spiro atoms. The van der Waals surface area contributed by atoms with Crippen LogP contribution in [0.5, 0.6) is 0 Å². The van der Waals surface area contributed by atoms with Gasteiger partial charge < -0.3 is 9.68 Å². The Bertz CT molecular complexity index is 28.0. The first-order valence-electron chi connectivity index (χ1n) is 1.55. The van der Waals surface area contributed by atoms with E-state index in [1.54, 1.807) is 0 Å². The molecule has 0 aliphatic heterocycles. The molecule has 0 rings (SSSR count). The van der Waals surface area contributed by atoms with Crippen molar-refractivity contribution in [2.75, 3.05) is 13.2 Å². The number of rotatable bonds is 3. The molecular formula is C2H10Cl2N2O2. The Morgan fingerprint density at radius 2 is 1.12 bits per heavy atom. The molecular weight excluding hydrogens is 155 g/mol. The maximum absolute atomic E-state index is 4.58. The molecule has 0 heterocycles. The molecule has 54 valence electrons. The van der Waals surface area contributed by atoms with Crippen LogP contribution in [0, 0.1) is 0 Å². The van der Waals surface area contributed by atoms with Crippen molar-refractivity contribution < 1.29 is 9.68 Å². The summed E-state index contributed by atoms with van der Waals surface area (Å²) >= 11 is 0. The maximum atomic E-state index is 4.58. The van der Waals surface area contributed by atoms with Gasteiger partial charge in [-0.25, -0.2) is 11.8 Å². The largest absolute Gasteiger partial charge is 0.302 e. The van der Waals surface area contributed by atoms with Crippen LogP contribution in [0.3, 0.4) is 0 Å². The van der Waals surface area contributed by atoms with Gasteiger partial charge in [0.25, 0.3) is 0 Å². The van der Waals surface area contributed by atoms with Gasteiger partial charge in [-0.2, -0.15) is 0 Å². The summed E-state index contributed by atoms with van der Waals surface area (Å²) in [5, 5.41) is 0. The van der Waals surface area contributed by atoms with Gasteiger partial charge in [-0.05, 0) is 0 Å². The Balaban J connectivity index is -0.000000125. The second-order valence-electron chi connectivity index (χ2n) is 0.742. The van der Waals surface area contributed by atoms with Crippen molar-refractivity contribution in [3.63, 3.8) is 0 Å². The lowest BCUT2D eigenvalue weighted by Crippen LogP contribution is -2.10. The normalized spacial score (nSPS) is 6.75. The zero-order valence-electron chi connectivity index (χ0n) is 4.20. The van der Waals surface area contributed by atoms with Crippen LogP contribution in [0.1, 0.15) is 0 Å². The topological polar surface area (TPSA) is 70.5 Å². The summed E-state index contributed by atoms with van der Waals surface area (Å²) in [6, 6.07) is 0. The molecule has 8 heavy (non-hydrogen) atoms. The van der Waals surface area contributed by atoms with E-state index in [4.69, 9.17) is 0 Å². The lowest BCUT2D eigenvalue weighted by atomic mass is 10.8. The van der Waals surface area contributed by atoms with Gasteiger partial charge >= 0.3 is 0 Å². The van der Waals surface area contributed by atoms with Crippen LogP contribution < -0.4 is 11.8 Å². The SMILES string of the molecule is Cl.Cl.NOCCON. The molecule has 0 unspecified atom stereocenters. The highest BCUT2D eigenvalue weighted by atomic mass is 35.5. The van der Waals surface area contributed by atoms with E-state index in [-0.39, 0.29) is 24.8 Å². The van der Waals surface area contributed by atoms with Gasteiger partial charge in [0, 0.05) is 0 Å². The van der Waals surface area contributed by atoms with E-state index in [0.717, 1.165) is 0 Å². The molecule has 0 aromatic carbocycles. The molecule has 0 aromatic rings. The van der Waals surface area contributed by atoms with Crippen LogP contribution in [0.15, 0.2) is 0 Å². The van der Waals surface area contributed by atoms with Crippen LogP contribution in [0.25, 0.3) is 0 Å². The van der Waals surface area contributed by atoms with Crippen LogP contribution in [0.4, 0.5) is 0 Å². The fourth-order valence-electron chi connectivity index (χ4n) is 0.0962. The molecule has 0 bridgehead atoms. The smallest absolute Gasteiger partial charge is 0.0933 e.